The van der Waals surface area contributed by atoms with E-state index < -0.39 is 5.82 Å². The largest absolute Gasteiger partial charge is 0.409 e. The zero-order chi connectivity index (χ0) is 14.1. The summed E-state index contributed by atoms with van der Waals surface area (Å²) in [4.78, 5) is 0. The number of unbranched alkanes of at least 4 members (excludes halogenated alkanes) is 1. The van der Waals surface area contributed by atoms with Crippen LogP contribution in [0.1, 0.15) is 24.0 Å². The third kappa shape index (κ3) is 5.48. The molecule has 0 heterocycles. The van der Waals surface area contributed by atoms with Crippen LogP contribution >= 0.6 is 11.8 Å². The summed E-state index contributed by atoms with van der Waals surface area (Å²) < 4.78 is 13.2. The summed E-state index contributed by atoms with van der Waals surface area (Å²) in [6.45, 7) is 1.47. The van der Waals surface area contributed by atoms with Crippen LogP contribution in [0.4, 0.5) is 4.39 Å². The van der Waals surface area contributed by atoms with Gasteiger partial charge in [0.15, 0.2) is 5.84 Å². The number of thioether (sulfide) groups is 1. The van der Waals surface area contributed by atoms with Crippen LogP contribution in [0.15, 0.2) is 23.4 Å². The number of rotatable bonds is 8. The van der Waals surface area contributed by atoms with Crippen molar-refractivity contribution in [3.05, 3.63) is 35.1 Å². The van der Waals surface area contributed by atoms with Gasteiger partial charge in [0.2, 0.25) is 0 Å². The summed E-state index contributed by atoms with van der Waals surface area (Å²) in [5.74, 6) is 0.692. The van der Waals surface area contributed by atoms with Crippen molar-refractivity contribution in [2.24, 2.45) is 10.9 Å². The highest BCUT2D eigenvalue weighted by molar-refractivity contribution is 7.98. The SMILES string of the molecule is CSCCCCNCc1ccc(F)cc1/C(N)=N/O. The summed E-state index contributed by atoms with van der Waals surface area (Å²) in [5, 5.41) is 14.9. The number of oxime groups is 1. The second-order valence-electron chi connectivity index (χ2n) is 4.16. The Hall–Kier alpha value is -1.27. The molecule has 0 atom stereocenters. The zero-order valence-corrected chi connectivity index (χ0v) is 11.8. The Morgan fingerprint density at radius 3 is 2.95 bits per heavy atom. The van der Waals surface area contributed by atoms with Gasteiger partial charge in [0.1, 0.15) is 5.82 Å². The van der Waals surface area contributed by atoms with Gasteiger partial charge in [-0.15, -0.1) is 0 Å². The number of nitrogens with zero attached hydrogens (tertiary/aromatic N) is 1. The Morgan fingerprint density at radius 1 is 1.47 bits per heavy atom. The monoisotopic (exact) mass is 285 g/mol. The molecule has 0 bridgehead atoms. The van der Waals surface area contributed by atoms with E-state index in [1.54, 1.807) is 6.07 Å². The highest BCUT2D eigenvalue weighted by Gasteiger charge is 2.08. The second kappa shape index (κ2) is 8.77. The number of benzene rings is 1. The average molecular weight is 285 g/mol. The highest BCUT2D eigenvalue weighted by Crippen LogP contribution is 2.11. The minimum atomic E-state index is -0.398. The number of nitrogens with one attached hydrogen (secondary N) is 1. The van der Waals surface area contributed by atoms with Crippen LogP contribution in [0.5, 0.6) is 0 Å². The maximum atomic E-state index is 13.2. The summed E-state index contributed by atoms with van der Waals surface area (Å²) in [5.41, 5.74) is 6.79. The van der Waals surface area contributed by atoms with Crippen molar-refractivity contribution in [3.8, 4) is 0 Å². The molecule has 0 aromatic heterocycles. The van der Waals surface area contributed by atoms with Gasteiger partial charge in [0.25, 0.3) is 0 Å². The van der Waals surface area contributed by atoms with E-state index in [4.69, 9.17) is 10.9 Å². The molecule has 0 saturated carbocycles. The van der Waals surface area contributed by atoms with Crippen LogP contribution in [-0.2, 0) is 6.54 Å². The lowest BCUT2D eigenvalue weighted by molar-refractivity contribution is 0.318. The molecule has 4 nitrogen and oxygen atoms in total. The van der Waals surface area contributed by atoms with E-state index in [9.17, 15) is 4.39 Å². The minimum absolute atomic E-state index is 0.0707. The van der Waals surface area contributed by atoms with E-state index >= 15 is 0 Å². The highest BCUT2D eigenvalue weighted by atomic mass is 32.2. The van der Waals surface area contributed by atoms with Crippen LogP contribution in [0.3, 0.4) is 0 Å². The molecule has 0 aliphatic rings. The normalized spacial score (nSPS) is 11.8. The molecular weight excluding hydrogens is 265 g/mol. The first-order valence-corrected chi connectivity index (χ1v) is 7.54. The summed E-state index contributed by atoms with van der Waals surface area (Å²) in [6, 6.07) is 4.30. The molecule has 0 amide bonds. The predicted octanol–water partition coefficient (Wildman–Crippen LogP) is 2.15. The molecule has 106 valence electrons. The molecule has 0 fully saturated rings. The second-order valence-corrected chi connectivity index (χ2v) is 5.15. The van der Waals surface area contributed by atoms with Gasteiger partial charge in [-0.05, 0) is 49.1 Å². The van der Waals surface area contributed by atoms with Gasteiger partial charge in [-0.1, -0.05) is 11.2 Å². The van der Waals surface area contributed by atoms with Crippen molar-refractivity contribution in [2.45, 2.75) is 19.4 Å². The van der Waals surface area contributed by atoms with Gasteiger partial charge in [-0.2, -0.15) is 11.8 Å². The van der Waals surface area contributed by atoms with Crippen LogP contribution in [-0.4, -0.2) is 29.6 Å². The molecular formula is C13H20FN3OS. The van der Waals surface area contributed by atoms with Gasteiger partial charge in [0.05, 0.1) is 0 Å². The van der Waals surface area contributed by atoms with Gasteiger partial charge in [0, 0.05) is 12.1 Å². The first-order chi connectivity index (χ1) is 9.19. The van der Waals surface area contributed by atoms with Crippen molar-refractivity contribution < 1.29 is 9.60 Å². The number of hydrogen-bond donors (Lipinski definition) is 3. The van der Waals surface area contributed by atoms with Crippen LogP contribution in [0, 0.1) is 5.82 Å². The van der Waals surface area contributed by atoms with Gasteiger partial charge < -0.3 is 16.3 Å². The topological polar surface area (TPSA) is 70.6 Å². The summed E-state index contributed by atoms with van der Waals surface area (Å²) in [7, 11) is 0. The van der Waals surface area contributed by atoms with Crippen LogP contribution in [0.2, 0.25) is 0 Å². The first-order valence-electron chi connectivity index (χ1n) is 6.15. The van der Waals surface area contributed by atoms with Crippen molar-refractivity contribution in [3.63, 3.8) is 0 Å². The van der Waals surface area contributed by atoms with Crippen molar-refractivity contribution in [2.75, 3.05) is 18.6 Å². The Balaban J connectivity index is 2.53. The molecule has 0 spiro atoms. The fraction of sp³-hybridized carbons (Fsp3) is 0.462. The number of halogens is 1. The Bertz CT molecular complexity index is 426. The molecule has 1 rings (SSSR count). The van der Waals surface area contributed by atoms with E-state index in [1.165, 1.54) is 18.6 Å². The standard InChI is InChI=1S/C13H20FN3OS/c1-19-7-3-2-6-16-9-10-4-5-11(14)8-12(10)13(15)17-18/h4-5,8,16,18H,2-3,6-7,9H2,1H3,(H2,15,17). The molecule has 1 aromatic rings. The molecule has 1 aromatic carbocycles. The van der Waals surface area contributed by atoms with Gasteiger partial charge in [-0.3, -0.25) is 0 Å². The molecule has 6 heteroatoms. The lowest BCUT2D eigenvalue weighted by Crippen LogP contribution is -2.21. The minimum Gasteiger partial charge on any atom is -0.409 e. The Labute approximate surface area is 117 Å². The quantitative estimate of drug-likeness (QED) is 0.225. The van der Waals surface area contributed by atoms with E-state index in [1.807, 2.05) is 11.8 Å². The van der Waals surface area contributed by atoms with Crippen LogP contribution < -0.4 is 11.1 Å². The van der Waals surface area contributed by atoms with Crippen molar-refractivity contribution in [1.29, 1.82) is 0 Å². The maximum Gasteiger partial charge on any atom is 0.170 e. The average Bonchev–Trinajstić information content (AvgIpc) is 2.43. The van der Waals surface area contributed by atoms with E-state index in [0.717, 1.165) is 24.3 Å². The molecule has 4 N–H and O–H groups in total. The lowest BCUT2D eigenvalue weighted by Gasteiger charge is -2.09. The smallest absolute Gasteiger partial charge is 0.170 e. The molecule has 0 unspecified atom stereocenters. The first kappa shape index (κ1) is 15.8. The maximum absolute atomic E-state index is 13.2. The van der Waals surface area contributed by atoms with E-state index in [2.05, 4.69) is 16.7 Å². The van der Waals surface area contributed by atoms with Gasteiger partial charge >= 0.3 is 0 Å². The third-order valence-corrected chi connectivity index (χ3v) is 3.42. The fourth-order valence-electron chi connectivity index (χ4n) is 1.71. The molecule has 0 aliphatic carbocycles. The van der Waals surface area contributed by atoms with E-state index in [0.29, 0.717) is 12.1 Å². The van der Waals surface area contributed by atoms with Crippen molar-refractivity contribution >= 4 is 17.6 Å². The Morgan fingerprint density at radius 2 is 2.26 bits per heavy atom. The molecule has 0 saturated heterocycles. The molecule has 19 heavy (non-hydrogen) atoms. The number of hydrogen-bond acceptors (Lipinski definition) is 4. The Kier molecular flexibility index (Phi) is 7.28. The zero-order valence-electron chi connectivity index (χ0n) is 11.0. The number of amidine groups is 1. The van der Waals surface area contributed by atoms with E-state index in [-0.39, 0.29) is 5.84 Å². The fourth-order valence-corrected chi connectivity index (χ4v) is 2.21. The molecule has 0 radical (unpaired) electrons. The number of nitrogens with two attached hydrogens (primary N) is 1. The lowest BCUT2D eigenvalue weighted by atomic mass is 10.1. The summed E-state index contributed by atoms with van der Waals surface area (Å²) in [6.07, 6.45) is 4.36. The van der Waals surface area contributed by atoms with Gasteiger partial charge in [-0.25, -0.2) is 4.39 Å². The molecule has 0 aliphatic heterocycles. The third-order valence-electron chi connectivity index (χ3n) is 2.72. The van der Waals surface area contributed by atoms with Crippen molar-refractivity contribution in [1.82, 2.24) is 5.32 Å². The predicted molar refractivity (Wildman–Crippen MR) is 78.2 cm³/mol. The summed E-state index contributed by atoms with van der Waals surface area (Å²) >= 11 is 1.84. The van der Waals surface area contributed by atoms with Crippen LogP contribution in [0.25, 0.3) is 0 Å².